The van der Waals surface area contributed by atoms with Crippen LogP contribution in [0.1, 0.15) is 18.1 Å². The molecule has 2 heterocycles. The Balaban J connectivity index is 1.44. The summed E-state index contributed by atoms with van der Waals surface area (Å²) in [5.74, 6) is 0.490. The molecule has 8 heteroatoms. The molecule has 2 aliphatic rings. The van der Waals surface area contributed by atoms with Gasteiger partial charge in [0.15, 0.2) is 5.17 Å². The van der Waals surface area contributed by atoms with Gasteiger partial charge in [0.25, 0.3) is 5.91 Å². The number of halogens is 1. The van der Waals surface area contributed by atoms with Crippen molar-refractivity contribution < 1.29 is 9.59 Å². The van der Waals surface area contributed by atoms with Gasteiger partial charge in [-0.05, 0) is 36.8 Å². The Hall–Kier alpha value is -2.64. The first kappa shape index (κ1) is 18.7. The highest BCUT2D eigenvalue weighted by Crippen LogP contribution is 2.33. The third-order valence-corrected chi connectivity index (χ3v) is 5.58. The number of nitrogens with one attached hydrogen (secondary N) is 1. The normalized spacial score (nSPS) is 17.6. The second kappa shape index (κ2) is 7.77. The summed E-state index contributed by atoms with van der Waals surface area (Å²) < 4.78 is 0. The quantitative estimate of drug-likeness (QED) is 0.836. The number of carbonyl (C=O) groups excluding carboxylic acids is 2. The molecule has 142 valence electrons. The van der Waals surface area contributed by atoms with Crippen LogP contribution in [0.5, 0.6) is 0 Å². The maximum absolute atomic E-state index is 12.5. The molecule has 0 fully saturated rings. The number of aliphatic imine (C=N–C) groups is 2. The number of hydrogen-bond donors (Lipinski definition) is 1. The minimum Gasteiger partial charge on any atom is -0.351 e. The van der Waals surface area contributed by atoms with Crippen LogP contribution in [0.25, 0.3) is 0 Å². The fourth-order valence-corrected chi connectivity index (χ4v) is 3.91. The van der Waals surface area contributed by atoms with Crippen molar-refractivity contribution >= 4 is 51.9 Å². The summed E-state index contributed by atoms with van der Waals surface area (Å²) in [7, 11) is 0. The van der Waals surface area contributed by atoms with E-state index < -0.39 is 6.04 Å². The van der Waals surface area contributed by atoms with E-state index in [1.165, 1.54) is 16.7 Å². The Morgan fingerprint density at radius 2 is 1.96 bits per heavy atom. The van der Waals surface area contributed by atoms with Crippen molar-refractivity contribution in [3.05, 3.63) is 64.7 Å². The third kappa shape index (κ3) is 3.68. The van der Waals surface area contributed by atoms with Gasteiger partial charge in [-0.15, -0.1) is 0 Å². The predicted molar refractivity (Wildman–Crippen MR) is 112 cm³/mol. The van der Waals surface area contributed by atoms with Gasteiger partial charge in [0.1, 0.15) is 11.9 Å². The lowest BCUT2D eigenvalue weighted by Crippen LogP contribution is -2.41. The molecule has 2 aromatic rings. The van der Waals surface area contributed by atoms with Gasteiger partial charge >= 0.3 is 0 Å². The molecule has 2 aliphatic heterocycles. The molecule has 0 saturated heterocycles. The van der Waals surface area contributed by atoms with Crippen LogP contribution in [-0.2, 0) is 16.1 Å². The monoisotopic (exact) mass is 412 g/mol. The molecule has 0 radical (unpaired) electrons. The molecule has 1 atom stereocenters. The number of fused-ring (bicyclic) bond motifs is 3. The summed E-state index contributed by atoms with van der Waals surface area (Å²) in [5.41, 5.74) is 2.55. The standard InChI is InChI=1S/C20H17ClN4O2S/c1-12-19(27)25-18(23-12)15-4-2-3-5-16(15)24-20(25)28-11-17(26)22-10-13-6-8-14(21)9-7-13/h2-9,12H,10-11H2,1H3,(H,22,26)/t12-/m0/s1. The molecule has 1 N–H and O–H groups in total. The van der Waals surface area contributed by atoms with Crippen molar-refractivity contribution in [2.75, 3.05) is 5.75 Å². The smallest absolute Gasteiger partial charge is 0.258 e. The van der Waals surface area contributed by atoms with Crippen molar-refractivity contribution in [3.8, 4) is 0 Å². The predicted octanol–water partition coefficient (Wildman–Crippen LogP) is 3.37. The van der Waals surface area contributed by atoms with Crippen molar-refractivity contribution in [2.45, 2.75) is 19.5 Å². The zero-order chi connectivity index (χ0) is 19.7. The summed E-state index contributed by atoms with van der Waals surface area (Å²) in [4.78, 5) is 35.4. The van der Waals surface area contributed by atoms with Gasteiger partial charge in [-0.3, -0.25) is 14.6 Å². The van der Waals surface area contributed by atoms with Crippen LogP contribution in [0.4, 0.5) is 5.69 Å². The van der Waals surface area contributed by atoms with Gasteiger partial charge in [0.05, 0.1) is 11.4 Å². The third-order valence-electron chi connectivity index (χ3n) is 4.39. The van der Waals surface area contributed by atoms with E-state index in [4.69, 9.17) is 11.6 Å². The van der Waals surface area contributed by atoms with Gasteiger partial charge < -0.3 is 5.32 Å². The number of para-hydroxylation sites is 1. The average Bonchev–Trinajstić information content (AvgIpc) is 3.01. The Kier molecular flexibility index (Phi) is 5.19. The highest BCUT2D eigenvalue weighted by molar-refractivity contribution is 8.14. The SMILES string of the molecule is C[C@@H]1N=C2c3ccccc3N=C(SCC(=O)NCc3ccc(Cl)cc3)N2C1=O. The van der Waals surface area contributed by atoms with Gasteiger partial charge in [0.2, 0.25) is 5.91 Å². The van der Waals surface area contributed by atoms with Gasteiger partial charge in [0, 0.05) is 17.1 Å². The lowest BCUT2D eigenvalue weighted by atomic mass is 10.1. The fourth-order valence-electron chi connectivity index (χ4n) is 2.96. The molecule has 2 amide bonds. The van der Waals surface area contributed by atoms with Crippen LogP contribution >= 0.6 is 23.4 Å². The molecule has 0 aliphatic carbocycles. The van der Waals surface area contributed by atoms with Crippen molar-refractivity contribution in [1.29, 1.82) is 0 Å². The Labute approximate surface area is 171 Å². The highest BCUT2D eigenvalue weighted by Gasteiger charge is 2.39. The van der Waals surface area contributed by atoms with Crippen molar-refractivity contribution in [1.82, 2.24) is 10.2 Å². The first-order valence-electron chi connectivity index (χ1n) is 8.77. The van der Waals surface area contributed by atoms with E-state index in [1.54, 1.807) is 19.1 Å². The number of benzene rings is 2. The first-order chi connectivity index (χ1) is 13.5. The zero-order valence-electron chi connectivity index (χ0n) is 15.1. The van der Waals surface area contributed by atoms with E-state index in [-0.39, 0.29) is 17.6 Å². The van der Waals surface area contributed by atoms with Crippen molar-refractivity contribution in [3.63, 3.8) is 0 Å². The number of rotatable bonds is 4. The minimum absolute atomic E-state index is 0.127. The number of thioether (sulfide) groups is 1. The maximum atomic E-state index is 12.5. The number of amidine groups is 2. The molecular weight excluding hydrogens is 396 g/mol. The summed E-state index contributed by atoms with van der Waals surface area (Å²) in [5, 5.41) is 4.00. The molecule has 28 heavy (non-hydrogen) atoms. The van der Waals surface area contributed by atoms with E-state index in [9.17, 15) is 9.59 Å². The first-order valence-corrected chi connectivity index (χ1v) is 10.1. The van der Waals surface area contributed by atoms with Gasteiger partial charge in [-0.25, -0.2) is 9.89 Å². The second-order valence-electron chi connectivity index (χ2n) is 6.41. The van der Waals surface area contributed by atoms with Gasteiger partial charge in [-0.1, -0.05) is 47.6 Å². The molecule has 0 bridgehead atoms. The number of carbonyl (C=O) groups is 2. The van der Waals surface area contributed by atoms with E-state index in [0.717, 1.165) is 16.8 Å². The molecular formula is C20H17ClN4O2S. The fraction of sp³-hybridized carbons (Fsp3) is 0.200. The summed E-state index contributed by atoms with van der Waals surface area (Å²) >= 11 is 7.10. The number of amides is 2. The summed E-state index contributed by atoms with van der Waals surface area (Å²) in [6.07, 6.45) is 0. The van der Waals surface area contributed by atoms with Crippen LogP contribution in [0.3, 0.4) is 0 Å². The largest absolute Gasteiger partial charge is 0.351 e. The second-order valence-corrected chi connectivity index (χ2v) is 7.78. The van der Waals surface area contributed by atoms with E-state index in [2.05, 4.69) is 15.3 Å². The molecule has 6 nitrogen and oxygen atoms in total. The van der Waals surface area contributed by atoms with E-state index in [1.807, 2.05) is 36.4 Å². The summed E-state index contributed by atoms with van der Waals surface area (Å²) in [6.45, 7) is 2.18. The minimum atomic E-state index is -0.453. The zero-order valence-corrected chi connectivity index (χ0v) is 16.6. The molecule has 0 aromatic heterocycles. The highest BCUT2D eigenvalue weighted by atomic mass is 35.5. The van der Waals surface area contributed by atoms with Crippen LogP contribution < -0.4 is 5.32 Å². The molecule has 4 rings (SSSR count). The Bertz CT molecular complexity index is 1000. The Morgan fingerprint density at radius 3 is 2.75 bits per heavy atom. The van der Waals surface area contributed by atoms with E-state index >= 15 is 0 Å². The van der Waals surface area contributed by atoms with Crippen LogP contribution in [0.15, 0.2) is 58.5 Å². The molecule has 2 aromatic carbocycles. The lowest BCUT2D eigenvalue weighted by Gasteiger charge is -2.25. The average molecular weight is 413 g/mol. The topological polar surface area (TPSA) is 74.1 Å². The van der Waals surface area contributed by atoms with Crippen LogP contribution in [0, 0.1) is 0 Å². The molecule has 0 saturated carbocycles. The maximum Gasteiger partial charge on any atom is 0.258 e. The van der Waals surface area contributed by atoms with Crippen LogP contribution in [-0.4, -0.2) is 39.5 Å². The van der Waals surface area contributed by atoms with E-state index in [0.29, 0.717) is 22.6 Å². The van der Waals surface area contributed by atoms with Crippen LogP contribution in [0.2, 0.25) is 5.02 Å². The summed E-state index contributed by atoms with van der Waals surface area (Å²) in [6, 6.07) is 14.4. The molecule has 0 unspecified atom stereocenters. The Morgan fingerprint density at radius 1 is 1.21 bits per heavy atom. The number of hydrogen-bond acceptors (Lipinski definition) is 5. The number of nitrogens with zero attached hydrogens (tertiary/aromatic N) is 3. The van der Waals surface area contributed by atoms with Crippen molar-refractivity contribution in [2.24, 2.45) is 9.98 Å². The molecule has 0 spiro atoms. The van der Waals surface area contributed by atoms with Gasteiger partial charge in [-0.2, -0.15) is 0 Å². The lowest BCUT2D eigenvalue weighted by molar-refractivity contribution is -0.124.